The number of para-hydroxylation sites is 1. The largest absolute Gasteiger partial charge is 0.289 e. The molecule has 106 valence electrons. The van der Waals surface area contributed by atoms with E-state index in [-0.39, 0.29) is 6.04 Å². The van der Waals surface area contributed by atoms with Crippen molar-refractivity contribution in [1.82, 2.24) is 0 Å². The summed E-state index contributed by atoms with van der Waals surface area (Å²) in [5, 5.41) is 1.15. The molecule has 0 bridgehead atoms. The molecule has 0 fully saturated rings. The van der Waals surface area contributed by atoms with Crippen LogP contribution < -0.4 is 14.3 Å². The summed E-state index contributed by atoms with van der Waals surface area (Å²) in [5.41, 5.74) is 3.46. The lowest BCUT2D eigenvalue weighted by Gasteiger charge is -2.23. The number of rotatable bonds is 0. The van der Waals surface area contributed by atoms with E-state index in [0.717, 1.165) is 28.8 Å². The van der Waals surface area contributed by atoms with Gasteiger partial charge in [0.05, 0.1) is 10.9 Å². The van der Waals surface area contributed by atoms with Crippen LogP contribution in [-0.2, 0) is 0 Å². The molecule has 3 nitrogen and oxygen atoms in total. The highest BCUT2D eigenvalue weighted by Crippen LogP contribution is 2.38. The molecule has 1 unspecified atom stereocenters. The van der Waals surface area contributed by atoms with E-state index in [2.05, 4.69) is 47.2 Å². The number of benzene rings is 2. The van der Waals surface area contributed by atoms with Crippen molar-refractivity contribution in [2.75, 3.05) is 0 Å². The standard InChI is InChI=1S/C19H14NO2/c1-5-13-6-2-10-16-18(13)15(9-1)20-12-4-8-14-7-3-11-17(19(14)20)22-21-16/h1-8,10-12,15H,9H2/q+1. The Morgan fingerprint density at radius 3 is 2.73 bits per heavy atom. The maximum absolute atomic E-state index is 5.68. The average molecular weight is 288 g/mol. The van der Waals surface area contributed by atoms with Crippen LogP contribution in [-0.4, -0.2) is 0 Å². The highest BCUT2D eigenvalue weighted by atomic mass is 17.2. The van der Waals surface area contributed by atoms with Gasteiger partial charge < -0.3 is 0 Å². The molecule has 22 heavy (non-hydrogen) atoms. The molecule has 1 aromatic heterocycles. The van der Waals surface area contributed by atoms with Crippen LogP contribution in [0.2, 0.25) is 0 Å². The number of allylic oxidation sites excluding steroid dienone is 1. The first kappa shape index (κ1) is 11.8. The number of fused-ring (bicyclic) bond motifs is 1. The second-order valence-electron chi connectivity index (χ2n) is 5.69. The summed E-state index contributed by atoms with van der Waals surface area (Å²) >= 11 is 0. The van der Waals surface area contributed by atoms with Crippen molar-refractivity contribution >= 4 is 17.0 Å². The Balaban J connectivity index is 1.90. The molecule has 0 saturated carbocycles. The molecule has 0 radical (unpaired) electrons. The summed E-state index contributed by atoms with van der Waals surface area (Å²) in [7, 11) is 0. The van der Waals surface area contributed by atoms with Crippen LogP contribution in [0.1, 0.15) is 23.6 Å². The predicted octanol–water partition coefficient (Wildman–Crippen LogP) is 3.82. The SMILES string of the molecule is C1=Cc2cccc3c2C(C1)[n+]1cccc2cccc(c21)OO3. The van der Waals surface area contributed by atoms with Gasteiger partial charge >= 0.3 is 0 Å². The maximum atomic E-state index is 5.68. The molecule has 3 aromatic rings. The van der Waals surface area contributed by atoms with Crippen LogP contribution in [0.5, 0.6) is 11.5 Å². The van der Waals surface area contributed by atoms with Gasteiger partial charge in [0, 0.05) is 12.5 Å². The highest BCUT2D eigenvalue weighted by Gasteiger charge is 2.33. The Morgan fingerprint density at radius 2 is 1.73 bits per heavy atom. The summed E-state index contributed by atoms with van der Waals surface area (Å²) in [6.45, 7) is 0. The minimum Gasteiger partial charge on any atom is -0.289 e. The predicted molar refractivity (Wildman–Crippen MR) is 83.6 cm³/mol. The summed E-state index contributed by atoms with van der Waals surface area (Å²) in [4.78, 5) is 11.3. The zero-order valence-corrected chi connectivity index (χ0v) is 11.9. The molecule has 0 N–H and O–H groups in total. The number of aromatic nitrogens is 1. The number of pyridine rings is 1. The van der Waals surface area contributed by atoms with E-state index >= 15 is 0 Å². The quantitative estimate of drug-likeness (QED) is 0.463. The second kappa shape index (κ2) is 4.34. The average Bonchev–Trinajstić information content (AvgIpc) is 2.57. The number of nitrogens with zero attached hydrogens (tertiary/aromatic N) is 1. The van der Waals surface area contributed by atoms with Crippen molar-refractivity contribution in [3.05, 3.63) is 71.9 Å². The van der Waals surface area contributed by atoms with Crippen molar-refractivity contribution in [3.63, 3.8) is 0 Å². The molecule has 2 aliphatic rings. The monoisotopic (exact) mass is 288 g/mol. The van der Waals surface area contributed by atoms with Gasteiger partial charge in [-0.15, -0.1) is 0 Å². The molecule has 1 aliphatic carbocycles. The minimum absolute atomic E-state index is 0.227. The third kappa shape index (κ3) is 1.53. The van der Waals surface area contributed by atoms with E-state index in [0.29, 0.717) is 0 Å². The molecule has 1 aliphatic heterocycles. The van der Waals surface area contributed by atoms with Crippen LogP contribution in [0, 0.1) is 0 Å². The molecule has 3 heteroatoms. The van der Waals surface area contributed by atoms with E-state index in [4.69, 9.17) is 9.78 Å². The van der Waals surface area contributed by atoms with Crippen LogP contribution in [0.15, 0.2) is 60.8 Å². The first-order valence-corrected chi connectivity index (χ1v) is 7.49. The van der Waals surface area contributed by atoms with Gasteiger partial charge in [0.25, 0.3) is 5.52 Å². The van der Waals surface area contributed by atoms with E-state index in [1.807, 2.05) is 24.3 Å². The van der Waals surface area contributed by atoms with E-state index in [1.54, 1.807) is 0 Å². The molecule has 2 aromatic carbocycles. The van der Waals surface area contributed by atoms with Crippen LogP contribution in [0.3, 0.4) is 0 Å². The van der Waals surface area contributed by atoms with Gasteiger partial charge in [-0.3, -0.25) is 9.78 Å². The van der Waals surface area contributed by atoms with E-state index < -0.39 is 0 Å². The highest BCUT2D eigenvalue weighted by molar-refractivity contribution is 5.81. The Bertz CT molecular complexity index is 925. The second-order valence-corrected chi connectivity index (χ2v) is 5.69. The van der Waals surface area contributed by atoms with Gasteiger partial charge in [0.1, 0.15) is 0 Å². The molecular formula is C19H14NO2+. The zero-order chi connectivity index (χ0) is 14.5. The van der Waals surface area contributed by atoms with Crippen LogP contribution in [0.25, 0.3) is 17.0 Å². The number of hydrogen-bond donors (Lipinski definition) is 0. The molecule has 5 rings (SSSR count). The fourth-order valence-electron chi connectivity index (χ4n) is 3.51. The lowest BCUT2D eigenvalue weighted by Crippen LogP contribution is -2.42. The van der Waals surface area contributed by atoms with Gasteiger partial charge in [-0.25, -0.2) is 0 Å². The van der Waals surface area contributed by atoms with Crippen molar-refractivity contribution in [2.24, 2.45) is 0 Å². The maximum Gasteiger partial charge on any atom is 0.260 e. The lowest BCUT2D eigenvalue weighted by molar-refractivity contribution is -0.689. The summed E-state index contributed by atoms with van der Waals surface area (Å²) in [6, 6.07) is 16.6. The van der Waals surface area contributed by atoms with Crippen molar-refractivity contribution in [2.45, 2.75) is 12.5 Å². The molecule has 0 saturated heterocycles. The summed E-state index contributed by atoms with van der Waals surface area (Å²) < 4.78 is 2.30. The van der Waals surface area contributed by atoms with Crippen molar-refractivity contribution in [3.8, 4) is 11.5 Å². The Hall–Kier alpha value is -2.81. The van der Waals surface area contributed by atoms with Gasteiger partial charge in [0.15, 0.2) is 18.0 Å². The lowest BCUT2D eigenvalue weighted by atomic mass is 9.91. The fraction of sp³-hybridized carbons (Fsp3) is 0.105. The van der Waals surface area contributed by atoms with Crippen molar-refractivity contribution in [1.29, 1.82) is 0 Å². The van der Waals surface area contributed by atoms with Gasteiger partial charge in [0.2, 0.25) is 5.75 Å². The topological polar surface area (TPSA) is 22.3 Å². The first-order chi connectivity index (χ1) is 10.9. The van der Waals surface area contributed by atoms with Gasteiger partial charge in [-0.1, -0.05) is 30.4 Å². The fourth-order valence-corrected chi connectivity index (χ4v) is 3.51. The van der Waals surface area contributed by atoms with Gasteiger partial charge in [-0.05, 0) is 29.8 Å². The van der Waals surface area contributed by atoms with Gasteiger partial charge in [-0.2, -0.15) is 4.57 Å². The summed E-state index contributed by atoms with van der Waals surface area (Å²) in [5.74, 6) is 1.55. The number of hydrogen-bond acceptors (Lipinski definition) is 2. The molecular weight excluding hydrogens is 274 g/mol. The smallest absolute Gasteiger partial charge is 0.260 e. The van der Waals surface area contributed by atoms with Crippen LogP contribution >= 0.6 is 0 Å². The molecule has 1 atom stereocenters. The van der Waals surface area contributed by atoms with E-state index in [1.165, 1.54) is 11.1 Å². The molecule has 0 amide bonds. The Kier molecular flexibility index (Phi) is 2.33. The van der Waals surface area contributed by atoms with Crippen LogP contribution in [0.4, 0.5) is 0 Å². The third-order valence-electron chi connectivity index (χ3n) is 4.46. The third-order valence-corrected chi connectivity index (χ3v) is 4.46. The van der Waals surface area contributed by atoms with Crippen molar-refractivity contribution < 1.29 is 14.3 Å². The Morgan fingerprint density at radius 1 is 0.909 bits per heavy atom. The molecule has 2 heterocycles. The Labute approximate surface area is 128 Å². The zero-order valence-electron chi connectivity index (χ0n) is 11.9. The molecule has 0 spiro atoms. The van der Waals surface area contributed by atoms with E-state index in [9.17, 15) is 0 Å². The summed E-state index contributed by atoms with van der Waals surface area (Å²) in [6.07, 6.45) is 7.47. The minimum atomic E-state index is 0.227. The first-order valence-electron chi connectivity index (χ1n) is 7.49. The normalized spacial score (nSPS) is 17.9.